The average molecular weight is 297 g/mol. The molecule has 0 atom stereocenters. The molecular formula is C18H35NO2. The van der Waals surface area contributed by atoms with Gasteiger partial charge in [-0.15, -0.1) is 0 Å². The molecule has 1 amide bonds. The van der Waals surface area contributed by atoms with Crippen LogP contribution < -0.4 is 5.73 Å². The van der Waals surface area contributed by atoms with Gasteiger partial charge in [-0.1, -0.05) is 84.0 Å². The maximum Gasteiger partial charge on any atom is 0.224 e. The van der Waals surface area contributed by atoms with Gasteiger partial charge in [0.2, 0.25) is 5.91 Å². The summed E-state index contributed by atoms with van der Waals surface area (Å²) in [5.74, 6) is -0.514. The van der Waals surface area contributed by atoms with Crippen LogP contribution in [-0.4, -0.2) is 11.7 Å². The molecule has 0 aliphatic carbocycles. The number of ketones is 1. The van der Waals surface area contributed by atoms with Crippen LogP contribution in [0.4, 0.5) is 0 Å². The van der Waals surface area contributed by atoms with Gasteiger partial charge < -0.3 is 5.73 Å². The summed E-state index contributed by atoms with van der Waals surface area (Å²) in [6, 6.07) is 0. The Bertz CT molecular complexity index is 264. The molecule has 0 aliphatic rings. The fraction of sp³-hybridized carbons (Fsp3) is 0.889. The van der Waals surface area contributed by atoms with Gasteiger partial charge in [0.15, 0.2) is 0 Å². The number of Topliss-reactive ketones (excluding diaryl/α,β-unsaturated/α-hetero) is 1. The zero-order valence-corrected chi connectivity index (χ0v) is 14.0. The predicted octanol–water partition coefficient (Wildman–Crippen LogP) is 4.91. The van der Waals surface area contributed by atoms with Crippen molar-refractivity contribution in [3.8, 4) is 0 Å². The summed E-state index contributed by atoms with van der Waals surface area (Å²) in [6.45, 7) is 2.26. The average Bonchev–Trinajstić information content (AvgIpc) is 2.43. The van der Waals surface area contributed by atoms with E-state index in [9.17, 15) is 9.59 Å². The summed E-state index contributed by atoms with van der Waals surface area (Å²) >= 11 is 0. The molecule has 0 aliphatic heterocycles. The van der Waals surface area contributed by atoms with Gasteiger partial charge in [-0.05, 0) is 6.42 Å². The quantitative estimate of drug-likeness (QED) is 0.325. The van der Waals surface area contributed by atoms with E-state index in [2.05, 4.69) is 6.92 Å². The number of amides is 1. The molecule has 21 heavy (non-hydrogen) atoms. The minimum atomic E-state index is -0.505. The van der Waals surface area contributed by atoms with Crippen molar-refractivity contribution in [2.45, 2.75) is 103 Å². The molecule has 2 N–H and O–H groups in total. The number of carbonyl (C=O) groups excluding carboxylic acids is 2. The van der Waals surface area contributed by atoms with Crippen molar-refractivity contribution < 1.29 is 9.59 Å². The molecule has 0 saturated carbocycles. The summed E-state index contributed by atoms with van der Waals surface area (Å²) in [4.78, 5) is 21.8. The molecule has 3 heteroatoms. The molecular weight excluding hydrogens is 262 g/mol. The van der Waals surface area contributed by atoms with E-state index < -0.39 is 5.91 Å². The Morgan fingerprint density at radius 1 is 0.667 bits per heavy atom. The van der Waals surface area contributed by atoms with Crippen LogP contribution in [0.3, 0.4) is 0 Å². The van der Waals surface area contributed by atoms with E-state index in [0.29, 0.717) is 6.42 Å². The van der Waals surface area contributed by atoms with Crippen LogP contribution in [0.15, 0.2) is 0 Å². The highest BCUT2D eigenvalue weighted by Gasteiger charge is 2.05. The zero-order valence-electron chi connectivity index (χ0n) is 14.0. The van der Waals surface area contributed by atoms with Crippen molar-refractivity contribution in [3.63, 3.8) is 0 Å². The molecule has 124 valence electrons. The highest BCUT2D eigenvalue weighted by atomic mass is 16.2. The molecule has 0 fully saturated rings. The van der Waals surface area contributed by atoms with Crippen molar-refractivity contribution in [2.24, 2.45) is 5.73 Å². The second-order valence-corrected chi connectivity index (χ2v) is 6.17. The van der Waals surface area contributed by atoms with Crippen LogP contribution >= 0.6 is 0 Å². The number of nitrogens with two attached hydrogens (primary N) is 1. The first-order chi connectivity index (χ1) is 10.2. The summed E-state index contributed by atoms with van der Waals surface area (Å²) in [7, 11) is 0. The van der Waals surface area contributed by atoms with E-state index in [-0.39, 0.29) is 12.2 Å². The minimum absolute atomic E-state index is 0.00873. The fourth-order valence-electron chi connectivity index (χ4n) is 2.62. The second-order valence-electron chi connectivity index (χ2n) is 6.17. The number of hydrogen-bond donors (Lipinski definition) is 1. The summed E-state index contributed by atoms with van der Waals surface area (Å²) in [5, 5.41) is 0. The van der Waals surface area contributed by atoms with Crippen LogP contribution in [0.25, 0.3) is 0 Å². The molecule has 0 aromatic carbocycles. The van der Waals surface area contributed by atoms with Crippen LogP contribution in [0.2, 0.25) is 0 Å². The van der Waals surface area contributed by atoms with Crippen LogP contribution in [0, 0.1) is 0 Å². The van der Waals surface area contributed by atoms with E-state index >= 15 is 0 Å². The maximum absolute atomic E-state index is 11.3. The van der Waals surface area contributed by atoms with Gasteiger partial charge in [0.1, 0.15) is 5.78 Å². The molecule has 0 radical (unpaired) electrons. The third kappa shape index (κ3) is 17.1. The lowest BCUT2D eigenvalue weighted by Gasteiger charge is -2.03. The van der Waals surface area contributed by atoms with E-state index in [1.165, 1.54) is 70.6 Å². The van der Waals surface area contributed by atoms with Gasteiger partial charge in [-0.3, -0.25) is 9.59 Å². The molecule has 0 heterocycles. The van der Waals surface area contributed by atoms with E-state index in [1.807, 2.05) is 0 Å². The fourth-order valence-corrected chi connectivity index (χ4v) is 2.62. The molecule has 0 rings (SSSR count). The number of carbonyl (C=O) groups is 2. The van der Waals surface area contributed by atoms with Crippen molar-refractivity contribution in [1.29, 1.82) is 0 Å². The van der Waals surface area contributed by atoms with Gasteiger partial charge in [0.25, 0.3) is 0 Å². The molecule has 0 spiro atoms. The van der Waals surface area contributed by atoms with Gasteiger partial charge >= 0.3 is 0 Å². The monoisotopic (exact) mass is 297 g/mol. The van der Waals surface area contributed by atoms with Crippen molar-refractivity contribution >= 4 is 11.7 Å². The third-order valence-corrected chi connectivity index (χ3v) is 3.93. The molecule has 3 nitrogen and oxygen atoms in total. The Labute approximate surface area is 131 Å². The number of hydrogen-bond acceptors (Lipinski definition) is 2. The van der Waals surface area contributed by atoms with Crippen molar-refractivity contribution in [3.05, 3.63) is 0 Å². The van der Waals surface area contributed by atoms with Crippen LogP contribution in [0.1, 0.15) is 103 Å². The standard InChI is InChI=1S/C18H35NO2/c1-2-3-4-5-6-7-8-9-10-11-12-13-14-15-17(20)16-18(19)21/h2-16H2,1H3,(H2,19,21). The highest BCUT2D eigenvalue weighted by Crippen LogP contribution is 2.13. The first-order valence-corrected chi connectivity index (χ1v) is 8.96. The topological polar surface area (TPSA) is 60.2 Å². The first-order valence-electron chi connectivity index (χ1n) is 8.96. The van der Waals surface area contributed by atoms with Crippen molar-refractivity contribution in [2.75, 3.05) is 0 Å². The molecule has 0 unspecified atom stereocenters. The van der Waals surface area contributed by atoms with Crippen molar-refractivity contribution in [1.82, 2.24) is 0 Å². The van der Waals surface area contributed by atoms with E-state index in [1.54, 1.807) is 0 Å². The Hall–Kier alpha value is -0.860. The Morgan fingerprint density at radius 2 is 1.05 bits per heavy atom. The second kappa shape index (κ2) is 15.5. The lowest BCUT2D eigenvalue weighted by atomic mass is 10.0. The van der Waals surface area contributed by atoms with Gasteiger partial charge in [-0.25, -0.2) is 0 Å². The lowest BCUT2D eigenvalue weighted by molar-refractivity contribution is -0.126. The maximum atomic E-state index is 11.3. The smallest absolute Gasteiger partial charge is 0.224 e. The molecule has 0 aromatic heterocycles. The summed E-state index contributed by atoms with van der Waals surface area (Å²) in [6.07, 6.45) is 17.3. The Morgan fingerprint density at radius 3 is 1.43 bits per heavy atom. The van der Waals surface area contributed by atoms with Crippen LogP contribution in [0.5, 0.6) is 0 Å². The Balaban J connectivity index is 3.09. The van der Waals surface area contributed by atoms with E-state index in [0.717, 1.165) is 12.8 Å². The molecule has 0 bridgehead atoms. The van der Waals surface area contributed by atoms with Gasteiger partial charge in [0.05, 0.1) is 6.42 Å². The minimum Gasteiger partial charge on any atom is -0.369 e. The largest absolute Gasteiger partial charge is 0.369 e. The first kappa shape index (κ1) is 20.1. The number of rotatable bonds is 16. The predicted molar refractivity (Wildman–Crippen MR) is 89.1 cm³/mol. The molecule has 0 saturated heterocycles. The highest BCUT2D eigenvalue weighted by molar-refractivity contribution is 5.97. The lowest BCUT2D eigenvalue weighted by Crippen LogP contribution is -2.15. The Kier molecular flexibility index (Phi) is 14.9. The zero-order chi connectivity index (χ0) is 15.8. The molecule has 0 aromatic rings. The number of primary amides is 1. The van der Waals surface area contributed by atoms with Gasteiger partial charge in [0, 0.05) is 6.42 Å². The summed E-state index contributed by atoms with van der Waals surface area (Å²) in [5.41, 5.74) is 4.98. The summed E-state index contributed by atoms with van der Waals surface area (Å²) < 4.78 is 0. The van der Waals surface area contributed by atoms with Gasteiger partial charge in [-0.2, -0.15) is 0 Å². The third-order valence-electron chi connectivity index (χ3n) is 3.93. The number of unbranched alkanes of at least 4 members (excludes halogenated alkanes) is 12. The SMILES string of the molecule is CCCCCCCCCCCCCCCC(=O)CC(N)=O. The van der Waals surface area contributed by atoms with E-state index in [4.69, 9.17) is 5.73 Å². The van der Waals surface area contributed by atoms with Crippen LogP contribution in [-0.2, 0) is 9.59 Å². The normalized spacial score (nSPS) is 10.7.